The summed E-state index contributed by atoms with van der Waals surface area (Å²) in [7, 11) is 1.18. The van der Waals surface area contributed by atoms with Gasteiger partial charge < -0.3 is 29.4 Å². The maximum atomic E-state index is 13.5. The predicted molar refractivity (Wildman–Crippen MR) is 122 cm³/mol. The first-order valence-corrected chi connectivity index (χ1v) is 10.7. The molecule has 0 amide bonds. The second-order valence-electron chi connectivity index (χ2n) is 7.90. The van der Waals surface area contributed by atoms with E-state index in [1.807, 2.05) is 0 Å². The van der Waals surface area contributed by atoms with E-state index in [0.717, 1.165) is 0 Å². The van der Waals surface area contributed by atoms with Crippen molar-refractivity contribution < 1.29 is 38.4 Å². The third-order valence-corrected chi connectivity index (χ3v) is 5.62. The lowest BCUT2D eigenvalue weighted by Crippen LogP contribution is -2.29. The fourth-order valence-electron chi connectivity index (χ4n) is 3.88. The normalized spacial score (nSPS) is 11.9. The number of esters is 1. The van der Waals surface area contributed by atoms with Crippen molar-refractivity contribution in [3.63, 3.8) is 0 Å². The molecule has 0 aliphatic heterocycles. The zero-order valence-corrected chi connectivity index (χ0v) is 19.1. The molecule has 0 aliphatic rings. The summed E-state index contributed by atoms with van der Waals surface area (Å²) in [6.45, 7) is -1.26. The fraction of sp³-hybridized carbons (Fsp3) is 0.280. The highest BCUT2D eigenvalue weighted by Crippen LogP contribution is 2.34. The minimum Gasteiger partial charge on any atom is -0.507 e. The van der Waals surface area contributed by atoms with Crippen LogP contribution in [0, 0.1) is 6.92 Å². The maximum Gasteiger partial charge on any atom is 0.387 e. The highest BCUT2D eigenvalue weighted by atomic mass is 19.3. The Bertz CT molecular complexity index is 1270. The predicted octanol–water partition coefficient (Wildman–Crippen LogP) is 3.81. The third-order valence-electron chi connectivity index (χ3n) is 5.62. The molecule has 0 bridgehead atoms. The molecular weight excluding hydrogens is 464 g/mol. The number of benzene rings is 2. The number of aryl methyl sites for hydroxylation is 2. The number of methoxy groups -OCH3 is 1. The smallest absolute Gasteiger partial charge is 0.387 e. The van der Waals surface area contributed by atoms with E-state index in [4.69, 9.17) is 4.74 Å². The number of alkyl halides is 2. The van der Waals surface area contributed by atoms with Crippen molar-refractivity contribution in [1.29, 1.82) is 0 Å². The van der Waals surface area contributed by atoms with Crippen LogP contribution >= 0.6 is 0 Å². The summed E-state index contributed by atoms with van der Waals surface area (Å²) in [5.74, 6) is -2.73. The van der Waals surface area contributed by atoms with Crippen molar-refractivity contribution in [1.82, 2.24) is 4.57 Å². The minimum atomic E-state index is -3.06. The number of phenols is 2. The zero-order valence-electron chi connectivity index (χ0n) is 19.1. The van der Waals surface area contributed by atoms with Gasteiger partial charge >= 0.3 is 12.6 Å². The van der Waals surface area contributed by atoms with Crippen molar-refractivity contribution in [2.24, 2.45) is 0 Å². The lowest BCUT2D eigenvalue weighted by Gasteiger charge is -2.21. The van der Waals surface area contributed by atoms with Crippen LogP contribution in [-0.2, 0) is 22.5 Å². The number of aromatic nitrogens is 1. The summed E-state index contributed by atoms with van der Waals surface area (Å²) < 4.78 is 36.0. The van der Waals surface area contributed by atoms with Gasteiger partial charge in [-0.2, -0.15) is 8.78 Å². The number of rotatable bonds is 9. The zero-order chi connectivity index (χ0) is 25.7. The first-order valence-electron chi connectivity index (χ1n) is 10.7. The largest absolute Gasteiger partial charge is 0.507 e. The van der Waals surface area contributed by atoms with Crippen LogP contribution in [0.1, 0.15) is 34.7 Å². The number of halogens is 2. The van der Waals surface area contributed by atoms with Gasteiger partial charge in [0.05, 0.1) is 19.1 Å². The van der Waals surface area contributed by atoms with Gasteiger partial charge in [-0.05, 0) is 54.8 Å². The molecule has 3 rings (SSSR count). The van der Waals surface area contributed by atoms with Crippen molar-refractivity contribution in [2.75, 3.05) is 7.11 Å². The van der Waals surface area contributed by atoms with Crippen molar-refractivity contribution >= 4 is 5.97 Å². The lowest BCUT2D eigenvalue weighted by molar-refractivity contribution is -0.140. The number of carbonyl (C=O) groups excluding carboxylic acids is 1. The molecule has 1 heterocycles. The standard InChI is InChI=1S/C25H25F2NO7/c1-14-10-21(31)23(24(33)28(14)9-8-15-6-7-19(29)20(30)11-15)18(13-22(32)34-2)16-4-3-5-17(12-16)35-25(26)27/h3-7,10-12,18,25,29-31H,8-9,13H2,1-2H3/t18-/m1/s1. The summed E-state index contributed by atoms with van der Waals surface area (Å²) in [4.78, 5) is 25.7. The van der Waals surface area contributed by atoms with E-state index in [9.17, 15) is 33.7 Å². The number of aromatic hydroxyl groups is 3. The van der Waals surface area contributed by atoms with E-state index in [0.29, 0.717) is 23.2 Å². The van der Waals surface area contributed by atoms with Crippen LogP contribution in [0.3, 0.4) is 0 Å². The van der Waals surface area contributed by atoms with Crippen LogP contribution in [0.5, 0.6) is 23.0 Å². The second kappa shape index (κ2) is 10.9. The molecule has 0 radical (unpaired) electrons. The van der Waals surface area contributed by atoms with Gasteiger partial charge in [0.1, 0.15) is 11.5 Å². The molecule has 0 fully saturated rings. The molecule has 35 heavy (non-hydrogen) atoms. The van der Waals surface area contributed by atoms with E-state index in [-0.39, 0.29) is 41.5 Å². The Morgan fingerprint density at radius 3 is 2.43 bits per heavy atom. The van der Waals surface area contributed by atoms with Gasteiger partial charge in [-0.3, -0.25) is 9.59 Å². The molecule has 0 saturated carbocycles. The number of nitrogens with zero attached hydrogens (tertiary/aromatic N) is 1. The number of carbonyl (C=O) groups is 1. The van der Waals surface area contributed by atoms with Gasteiger partial charge in [0.2, 0.25) is 0 Å². The Kier molecular flexibility index (Phi) is 7.95. The Labute approximate surface area is 199 Å². The van der Waals surface area contributed by atoms with Gasteiger partial charge in [0.15, 0.2) is 11.5 Å². The van der Waals surface area contributed by atoms with Crippen LogP contribution in [-0.4, -0.2) is 39.6 Å². The summed E-state index contributed by atoms with van der Waals surface area (Å²) in [6.07, 6.45) is -0.00941. The average Bonchev–Trinajstić information content (AvgIpc) is 2.79. The Morgan fingerprint density at radius 1 is 1.03 bits per heavy atom. The Balaban J connectivity index is 2.05. The van der Waals surface area contributed by atoms with Gasteiger partial charge in [-0.1, -0.05) is 18.2 Å². The summed E-state index contributed by atoms with van der Waals surface area (Å²) in [5.41, 5.74) is 0.748. The Hall–Kier alpha value is -4.08. The number of ether oxygens (including phenoxy) is 2. The van der Waals surface area contributed by atoms with Crippen LogP contribution in [0.4, 0.5) is 8.78 Å². The van der Waals surface area contributed by atoms with E-state index >= 15 is 0 Å². The van der Waals surface area contributed by atoms with E-state index in [1.54, 1.807) is 13.0 Å². The molecule has 3 aromatic rings. The SMILES string of the molecule is COC(=O)C[C@H](c1cccc(OC(F)F)c1)c1c(O)cc(C)n(CCc2ccc(O)c(O)c2)c1=O. The van der Waals surface area contributed by atoms with Crippen LogP contribution in [0.15, 0.2) is 53.3 Å². The van der Waals surface area contributed by atoms with Gasteiger partial charge in [-0.15, -0.1) is 0 Å². The van der Waals surface area contributed by atoms with Crippen molar-refractivity contribution in [3.8, 4) is 23.0 Å². The van der Waals surface area contributed by atoms with E-state index in [2.05, 4.69) is 4.74 Å². The molecular formula is C25H25F2NO7. The topological polar surface area (TPSA) is 118 Å². The lowest BCUT2D eigenvalue weighted by atomic mass is 9.88. The monoisotopic (exact) mass is 489 g/mol. The number of hydrogen-bond donors (Lipinski definition) is 3. The first-order chi connectivity index (χ1) is 16.6. The molecule has 186 valence electrons. The molecule has 0 aliphatic carbocycles. The summed E-state index contributed by atoms with van der Waals surface area (Å²) >= 11 is 0. The van der Waals surface area contributed by atoms with Crippen LogP contribution in [0.25, 0.3) is 0 Å². The second-order valence-corrected chi connectivity index (χ2v) is 7.90. The quantitative estimate of drug-likeness (QED) is 0.309. The molecule has 0 spiro atoms. The van der Waals surface area contributed by atoms with Crippen LogP contribution in [0.2, 0.25) is 0 Å². The molecule has 0 unspecified atom stereocenters. The number of hydrogen-bond acceptors (Lipinski definition) is 7. The van der Waals surface area contributed by atoms with E-state index in [1.165, 1.54) is 54.1 Å². The first kappa shape index (κ1) is 25.5. The van der Waals surface area contributed by atoms with Gasteiger partial charge in [0.25, 0.3) is 5.56 Å². The average molecular weight is 489 g/mol. The maximum absolute atomic E-state index is 13.5. The molecule has 0 saturated heterocycles. The van der Waals surface area contributed by atoms with Gasteiger partial charge in [0, 0.05) is 18.2 Å². The third kappa shape index (κ3) is 6.08. The van der Waals surface area contributed by atoms with Gasteiger partial charge in [-0.25, -0.2) is 0 Å². The summed E-state index contributed by atoms with van der Waals surface area (Å²) in [6, 6.07) is 11.3. The summed E-state index contributed by atoms with van der Waals surface area (Å²) in [5, 5.41) is 29.9. The molecule has 1 aromatic heterocycles. The molecule has 1 atom stereocenters. The molecule has 10 heteroatoms. The highest BCUT2D eigenvalue weighted by molar-refractivity contribution is 5.71. The number of phenolic OH excluding ortho intramolecular Hbond substituents is 2. The Morgan fingerprint density at radius 2 is 1.77 bits per heavy atom. The van der Waals surface area contributed by atoms with Crippen molar-refractivity contribution in [2.45, 2.75) is 38.8 Å². The highest BCUT2D eigenvalue weighted by Gasteiger charge is 2.27. The van der Waals surface area contributed by atoms with Crippen LogP contribution < -0.4 is 10.3 Å². The fourth-order valence-corrected chi connectivity index (χ4v) is 3.88. The van der Waals surface area contributed by atoms with Crippen molar-refractivity contribution in [3.05, 3.63) is 81.3 Å². The molecule has 8 nitrogen and oxygen atoms in total. The van der Waals surface area contributed by atoms with E-state index < -0.39 is 24.1 Å². The molecule has 2 aromatic carbocycles. The number of pyridine rings is 1. The minimum absolute atomic E-state index is 0.0937. The molecule has 3 N–H and O–H groups in total.